The predicted octanol–water partition coefficient (Wildman–Crippen LogP) is 2.64. The third-order valence-electron chi connectivity index (χ3n) is 4.46. The average molecular weight is 362 g/mol. The molecule has 2 aromatic heterocycles. The molecule has 2 aliphatic rings. The Balaban J connectivity index is 1.44. The molecule has 2 saturated heterocycles. The largest absolute Gasteiger partial charge is 0.336 e. The smallest absolute Gasteiger partial charge is 0.323 e. The average Bonchev–Trinajstić information content (AvgIpc) is 3.34. The van der Waals surface area contributed by atoms with Crippen LogP contribution in [0.5, 0.6) is 0 Å². The van der Waals surface area contributed by atoms with Gasteiger partial charge in [0.25, 0.3) is 0 Å². The summed E-state index contributed by atoms with van der Waals surface area (Å²) in [5.74, 6) is 0.117. The van der Waals surface area contributed by atoms with Crippen molar-refractivity contribution in [2.24, 2.45) is 0 Å². The molecule has 0 saturated carbocycles. The summed E-state index contributed by atoms with van der Waals surface area (Å²) < 4.78 is 0. The van der Waals surface area contributed by atoms with Crippen LogP contribution in [0.1, 0.15) is 30.1 Å². The van der Waals surface area contributed by atoms with Gasteiger partial charge < -0.3 is 10.2 Å². The van der Waals surface area contributed by atoms with Gasteiger partial charge in [0, 0.05) is 25.0 Å². The Bertz CT molecular complexity index is 743. The molecular formula is C16H18N4O2S2. The van der Waals surface area contributed by atoms with E-state index in [0.717, 1.165) is 25.1 Å². The molecule has 1 atom stereocenters. The van der Waals surface area contributed by atoms with Crippen LogP contribution in [0.4, 0.5) is 9.93 Å². The Kier molecular flexibility index (Phi) is 4.24. The highest BCUT2D eigenvalue weighted by Gasteiger charge is 2.31. The number of anilines is 1. The van der Waals surface area contributed by atoms with Gasteiger partial charge in [-0.15, -0.1) is 11.3 Å². The second-order valence-electron chi connectivity index (χ2n) is 5.98. The van der Waals surface area contributed by atoms with Gasteiger partial charge in [-0.2, -0.15) is 11.3 Å². The summed E-state index contributed by atoms with van der Waals surface area (Å²) in [6, 6.07) is 2.19. The SMILES string of the molecule is O=C1NCCN1c1nc(CC(=O)N2CCCC2c2ccsc2)cs1. The fraction of sp³-hybridized carbons (Fsp3) is 0.438. The second kappa shape index (κ2) is 6.52. The first-order valence-electron chi connectivity index (χ1n) is 8.04. The summed E-state index contributed by atoms with van der Waals surface area (Å²) in [7, 11) is 0. The normalized spacial score (nSPS) is 20.7. The van der Waals surface area contributed by atoms with E-state index in [9.17, 15) is 9.59 Å². The lowest BCUT2D eigenvalue weighted by molar-refractivity contribution is -0.131. The zero-order valence-corrected chi connectivity index (χ0v) is 14.7. The van der Waals surface area contributed by atoms with Gasteiger partial charge in [0.2, 0.25) is 5.91 Å². The zero-order chi connectivity index (χ0) is 16.5. The van der Waals surface area contributed by atoms with E-state index in [4.69, 9.17) is 0 Å². The third kappa shape index (κ3) is 2.91. The van der Waals surface area contributed by atoms with Crippen LogP contribution >= 0.6 is 22.7 Å². The van der Waals surface area contributed by atoms with Gasteiger partial charge in [0.15, 0.2) is 5.13 Å². The summed E-state index contributed by atoms with van der Waals surface area (Å²) in [5.41, 5.74) is 1.98. The molecule has 0 aromatic carbocycles. The topological polar surface area (TPSA) is 65.5 Å². The van der Waals surface area contributed by atoms with E-state index < -0.39 is 0 Å². The molecule has 0 bridgehead atoms. The van der Waals surface area contributed by atoms with Gasteiger partial charge >= 0.3 is 6.03 Å². The minimum Gasteiger partial charge on any atom is -0.336 e. The molecule has 2 fully saturated rings. The van der Waals surface area contributed by atoms with E-state index in [1.165, 1.54) is 16.9 Å². The minimum atomic E-state index is -0.112. The fourth-order valence-electron chi connectivity index (χ4n) is 3.29. The number of carbonyl (C=O) groups is 2. The molecule has 1 N–H and O–H groups in total. The maximum atomic E-state index is 12.7. The number of likely N-dealkylation sites (tertiary alicyclic amines) is 1. The Labute approximate surface area is 148 Å². The maximum Gasteiger partial charge on any atom is 0.323 e. The number of nitrogens with one attached hydrogen (secondary N) is 1. The minimum absolute atomic E-state index is 0.112. The van der Waals surface area contributed by atoms with Crippen LogP contribution in [0.15, 0.2) is 22.2 Å². The summed E-state index contributed by atoms with van der Waals surface area (Å²) in [6.45, 7) is 2.08. The summed E-state index contributed by atoms with van der Waals surface area (Å²) in [4.78, 5) is 32.5. The first kappa shape index (κ1) is 15.6. The summed E-state index contributed by atoms with van der Waals surface area (Å²) in [6.07, 6.45) is 2.37. The van der Waals surface area contributed by atoms with Crippen LogP contribution in [0, 0.1) is 0 Å². The number of hydrogen-bond donors (Lipinski definition) is 1. The number of hydrogen-bond acceptors (Lipinski definition) is 5. The van der Waals surface area contributed by atoms with Crippen molar-refractivity contribution in [1.82, 2.24) is 15.2 Å². The van der Waals surface area contributed by atoms with Crippen molar-refractivity contribution in [2.75, 3.05) is 24.5 Å². The summed E-state index contributed by atoms with van der Waals surface area (Å²) in [5, 5.41) is 9.51. The third-order valence-corrected chi connectivity index (χ3v) is 6.07. The lowest BCUT2D eigenvalue weighted by Crippen LogP contribution is -2.31. The van der Waals surface area contributed by atoms with Crippen LogP contribution in [-0.2, 0) is 11.2 Å². The van der Waals surface area contributed by atoms with Crippen molar-refractivity contribution in [1.29, 1.82) is 0 Å². The van der Waals surface area contributed by atoms with E-state index in [0.29, 0.717) is 24.6 Å². The number of aromatic nitrogens is 1. The highest BCUT2D eigenvalue weighted by atomic mass is 32.1. The number of carbonyl (C=O) groups excluding carboxylic acids is 2. The van der Waals surface area contributed by atoms with Crippen LogP contribution < -0.4 is 10.2 Å². The Morgan fingerprint density at radius 3 is 3.04 bits per heavy atom. The van der Waals surface area contributed by atoms with Crippen LogP contribution in [0.25, 0.3) is 0 Å². The lowest BCUT2D eigenvalue weighted by Gasteiger charge is -2.24. The van der Waals surface area contributed by atoms with Crippen molar-refractivity contribution in [3.05, 3.63) is 33.5 Å². The maximum absolute atomic E-state index is 12.7. The van der Waals surface area contributed by atoms with Gasteiger partial charge in [-0.3, -0.25) is 9.69 Å². The number of thiophene rings is 1. The van der Waals surface area contributed by atoms with E-state index in [2.05, 4.69) is 27.1 Å². The number of nitrogens with zero attached hydrogens (tertiary/aromatic N) is 3. The molecule has 0 aliphatic carbocycles. The molecule has 3 amide bonds. The van der Waals surface area contributed by atoms with Crippen LogP contribution in [-0.4, -0.2) is 41.5 Å². The summed E-state index contributed by atoms with van der Waals surface area (Å²) >= 11 is 3.09. The quantitative estimate of drug-likeness (QED) is 0.909. The van der Waals surface area contributed by atoms with Gasteiger partial charge in [-0.05, 0) is 35.2 Å². The first-order chi connectivity index (χ1) is 11.7. The highest BCUT2D eigenvalue weighted by Crippen LogP contribution is 2.33. The molecule has 6 nitrogen and oxygen atoms in total. The fourth-order valence-corrected chi connectivity index (χ4v) is 4.84. The molecule has 4 rings (SSSR count). The number of rotatable bonds is 4. The molecule has 2 aromatic rings. The predicted molar refractivity (Wildman–Crippen MR) is 94.6 cm³/mol. The lowest BCUT2D eigenvalue weighted by atomic mass is 10.1. The van der Waals surface area contributed by atoms with Crippen molar-refractivity contribution in [3.63, 3.8) is 0 Å². The molecule has 2 aliphatic heterocycles. The Hall–Kier alpha value is -1.93. The molecule has 0 spiro atoms. The molecule has 0 radical (unpaired) electrons. The van der Waals surface area contributed by atoms with Crippen molar-refractivity contribution < 1.29 is 9.59 Å². The highest BCUT2D eigenvalue weighted by molar-refractivity contribution is 7.14. The zero-order valence-electron chi connectivity index (χ0n) is 13.1. The van der Waals surface area contributed by atoms with Crippen molar-refractivity contribution >= 4 is 39.7 Å². The van der Waals surface area contributed by atoms with Crippen molar-refractivity contribution in [2.45, 2.75) is 25.3 Å². The number of thiazole rings is 1. The van der Waals surface area contributed by atoms with Gasteiger partial charge in [0.05, 0.1) is 18.2 Å². The van der Waals surface area contributed by atoms with Crippen LogP contribution in [0.3, 0.4) is 0 Å². The molecule has 1 unspecified atom stereocenters. The van der Waals surface area contributed by atoms with E-state index >= 15 is 0 Å². The molecular weight excluding hydrogens is 344 g/mol. The first-order valence-corrected chi connectivity index (χ1v) is 9.86. The van der Waals surface area contributed by atoms with Crippen LogP contribution in [0.2, 0.25) is 0 Å². The Morgan fingerprint density at radius 1 is 1.38 bits per heavy atom. The van der Waals surface area contributed by atoms with Gasteiger partial charge in [-0.25, -0.2) is 9.78 Å². The monoisotopic (exact) mass is 362 g/mol. The van der Waals surface area contributed by atoms with E-state index in [1.54, 1.807) is 16.2 Å². The second-order valence-corrected chi connectivity index (χ2v) is 7.60. The molecule has 4 heterocycles. The van der Waals surface area contributed by atoms with E-state index in [1.807, 2.05) is 10.3 Å². The molecule has 24 heavy (non-hydrogen) atoms. The van der Waals surface area contributed by atoms with E-state index in [-0.39, 0.29) is 18.0 Å². The van der Waals surface area contributed by atoms with Crippen molar-refractivity contribution in [3.8, 4) is 0 Å². The number of urea groups is 1. The van der Waals surface area contributed by atoms with Gasteiger partial charge in [0.1, 0.15) is 0 Å². The number of amides is 3. The molecule has 126 valence electrons. The standard InChI is InChI=1S/C16H18N4O2S2/c21-14(19-5-1-2-13(19)11-3-7-23-9-11)8-12-10-24-16(18-12)20-6-4-17-15(20)22/h3,7,9-10,13H,1-2,4-6,8H2,(H,17,22). The Morgan fingerprint density at radius 2 is 2.29 bits per heavy atom. The molecule has 8 heteroatoms. The van der Waals surface area contributed by atoms with Gasteiger partial charge in [-0.1, -0.05) is 0 Å².